The lowest BCUT2D eigenvalue weighted by Gasteiger charge is -2.38. The second-order valence-electron chi connectivity index (χ2n) is 7.46. The summed E-state index contributed by atoms with van der Waals surface area (Å²) in [5, 5.41) is 14.8. The molecular formula is C24H20N2O2. The van der Waals surface area contributed by atoms with E-state index in [1.807, 2.05) is 18.2 Å². The van der Waals surface area contributed by atoms with Crippen LogP contribution in [0.5, 0.6) is 0 Å². The maximum atomic E-state index is 11.0. The smallest absolute Gasteiger partial charge is 0.269 e. The highest BCUT2D eigenvalue weighted by Crippen LogP contribution is 2.52. The predicted octanol–water partition coefficient (Wildman–Crippen LogP) is 6.09. The fraction of sp³-hybridized carbons (Fsp3) is 0.167. The highest BCUT2D eigenvalue weighted by molar-refractivity contribution is 5.82. The summed E-state index contributed by atoms with van der Waals surface area (Å²) in [6.07, 6.45) is 5.59. The molecule has 0 saturated carbocycles. The van der Waals surface area contributed by atoms with Crippen LogP contribution in [0.2, 0.25) is 0 Å². The summed E-state index contributed by atoms with van der Waals surface area (Å²) < 4.78 is 0. The second-order valence-corrected chi connectivity index (χ2v) is 7.46. The summed E-state index contributed by atoms with van der Waals surface area (Å²) in [7, 11) is 0. The molecule has 0 fully saturated rings. The van der Waals surface area contributed by atoms with Crippen molar-refractivity contribution in [2.75, 3.05) is 5.32 Å². The second kappa shape index (κ2) is 6.64. The summed E-state index contributed by atoms with van der Waals surface area (Å²) >= 11 is 0. The Kier molecular flexibility index (Phi) is 3.97. The molecule has 1 aliphatic heterocycles. The van der Waals surface area contributed by atoms with Crippen LogP contribution in [-0.2, 0) is 0 Å². The van der Waals surface area contributed by atoms with Crippen LogP contribution >= 0.6 is 0 Å². The Morgan fingerprint density at radius 1 is 0.929 bits per heavy atom. The first-order valence-corrected chi connectivity index (χ1v) is 9.58. The van der Waals surface area contributed by atoms with Crippen molar-refractivity contribution in [1.82, 2.24) is 0 Å². The van der Waals surface area contributed by atoms with Crippen molar-refractivity contribution < 1.29 is 4.92 Å². The number of fused-ring (bicyclic) bond motifs is 3. The zero-order valence-corrected chi connectivity index (χ0v) is 15.3. The molecule has 5 rings (SSSR count). The third kappa shape index (κ3) is 2.69. The SMILES string of the molecule is O=[N+]([O-])c1ccc([C@@H]2Nc3c(-c4ccccc4)cccc3[C@H]3C=CC[C@H]32)cc1. The number of nitrogens with one attached hydrogen (secondary N) is 1. The highest BCUT2D eigenvalue weighted by Gasteiger charge is 2.38. The molecule has 3 atom stereocenters. The maximum Gasteiger partial charge on any atom is 0.269 e. The van der Waals surface area contributed by atoms with E-state index in [0.717, 1.165) is 12.0 Å². The van der Waals surface area contributed by atoms with E-state index in [2.05, 4.69) is 59.9 Å². The van der Waals surface area contributed by atoms with E-state index >= 15 is 0 Å². The van der Waals surface area contributed by atoms with Gasteiger partial charge in [-0.1, -0.05) is 72.8 Å². The number of rotatable bonds is 3. The molecule has 4 nitrogen and oxygen atoms in total. The average molecular weight is 368 g/mol. The lowest BCUT2D eigenvalue weighted by molar-refractivity contribution is -0.384. The molecule has 0 amide bonds. The van der Waals surface area contributed by atoms with Gasteiger partial charge in [-0.05, 0) is 29.0 Å². The molecule has 1 heterocycles. The first kappa shape index (κ1) is 16.8. The van der Waals surface area contributed by atoms with E-state index in [0.29, 0.717) is 11.8 Å². The number of benzene rings is 3. The molecule has 0 radical (unpaired) electrons. The Morgan fingerprint density at radius 3 is 2.46 bits per heavy atom. The van der Waals surface area contributed by atoms with Crippen molar-refractivity contribution in [1.29, 1.82) is 0 Å². The lowest BCUT2D eigenvalue weighted by Crippen LogP contribution is -2.29. The standard InChI is InChI=1S/C24H20N2O2/c27-26(28)18-14-12-17(13-15-18)23-21-10-5-9-20(21)22-11-4-8-19(24(22)25-23)16-6-2-1-3-7-16/h1-9,11-15,20-21,23,25H,10H2/t20-,21+,23-/m0/s1. The van der Waals surface area contributed by atoms with E-state index in [4.69, 9.17) is 0 Å². The number of nitro benzene ring substituents is 1. The minimum Gasteiger partial charge on any atom is -0.377 e. The van der Waals surface area contributed by atoms with Gasteiger partial charge in [-0.25, -0.2) is 0 Å². The molecule has 3 aromatic carbocycles. The minimum absolute atomic E-state index is 0.123. The van der Waals surface area contributed by atoms with Crippen LogP contribution in [-0.4, -0.2) is 4.92 Å². The Balaban J connectivity index is 1.60. The Hall–Kier alpha value is -3.40. The van der Waals surface area contributed by atoms with E-state index in [9.17, 15) is 10.1 Å². The Labute approximate surface area is 163 Å². The van der Waals surface area contributed by atoms with Gasteiger partial charge < -0.3 is 5.32 Å². The number of nitrogens with zero attached hydrogens (tertiary/aromatic N) is 1. The van der Waals surface area contributed by atoms with Gasteiger partial charge in [0.1, 0.15) is 0 Å². The molecule has 0 spiro atoms. The van der Waals surface area contributed by atoms with Crippen molar-refractivity contribution in [3.05, 3.63) is 106 Å². The van der Waals surface area contributed by atoms with Crippen LogP contribution < -0.4 is 5.32 Å². The van der Waals surface area contributed by atoms with Gasteiger partial charge in [-0.3, -0.25) is 10.1 Å². The van der Waals surface area contributed by atoms with Gasteiger partial charge in [0.05, 0.1) is 11.0 Å². The minimum atomic E-state index is -0.346. The molecule has 1 aliphatic carbocycles. The molecule has 0 saturated heterocycles. The molecule has 3 aromatic rings. The van der Waals surface area contributed by atoms with Crippen molar-refractivity contribution >= 4 is 11.4 Å². The van der Waals surface area contributed by atoms with Crippen LogP contribution in [0, 0.1) is 16.0 Å². The molecule has 138 valence electrons. The normalized spacial score (nSPS) is 22.2. The fourth-order valence-electron chi connectivity index (χ4n) is 4.61. The number of hydrogen-bond donors (Lipinski definition) is 1. The van der Waals surface area contributed by atoms with E-state index < -0.39 is 0 Å². The third-order valence-corrected chi connectivity index (χ3v) is 5.94. The number of para-hydroxylation sites is 1. The van der Waals surface area contributed by atoms with Crippen LogP contribution in [0.15, 0.2) is 84.9 Å². The zero-order valence-electron chi connectivity index (χ0n) is 15.3. The largest absolute Gasteiger partial charge is 0.377 e. The number of allylic oxidation sites excluding steroid dienone is 2. The molecule has 0 bridgehead atoms. The van der Waals surface area contributed by atoms with E-state index in [1.165, 1.54) is 22.4 Å². The van der Waals surface area contributed by atoms with Crippen molar-refractivity contribution in [3.63, 3.8) is 0 Å². The van der Waals surface area contributed by atoms with Crippen LogP contribution in [0.25, 0.3) is 11.1 Å². The van der Waals surface area contributed by atoms with Gasteiger partial charge in [-0.2, -0.15) is 0 Å². The zero-order chi connectivity index (χ0) is 19.1. The molecule has 4 heteroatoms. The molecule has 28 heavy (non-hydrogen) atoms. The van der Waals surface area contributed by atoms with Gasteiger partial charge in [0, 0.05) is 29.3 Å². The van der Waals surface area contributed by atoms with Crippen molar-refractivity contribution in [3.8, 4) is 11.1 Å². The van der Waals surface area contributed by atoms with Gasteiger partial charge >= 0.3 is 0 Å². The fourth-order valence-corrected chi connectivity index (χ4v) is 4.61. The maximum absolute atomic E-state index is 11.0. The molecule has 0 unspecified atom stereocenters. The van der Waals surface area contributed by atoms with Gasteiger partial charge in [0.2, 0.25) is 0 Å². The van der Waals surface area contributed by atoms with E-state index in [-0.39, 0.29) is 16.7 Å². The summed E-state index contributed by atoms with van der Waals surface area (Å²) in [5.74, 6) is 0.778. The summed E-state index contributed by atoms with van der Waals surface area (Å²) in [4.78, 5) is 10.7. The van der Waals surface area contributed by atoms with Gasteiger partial charge in [-0.15, -0.1) is 0 Å². The summed E-state index contributed by atoms with van der Waals surface area (Å²) in [6, 6.07) is 24.0. The number of nitro groups is 1. The quantitative estimate of drug-likeness (QED) is 0.346. The van der Waals surface area contributed by atoms with Crippen molar-refractivity contribution in [2.45, 2.75) is 18.4 Å². The Bertz CT molecular complexity index is 1060. The van der Waals surface area contributed by atoms with Crippen LogP contribution in [0.4, 0.5) is 11.4 Å². The number of non-ortho nitro benzene ring substituents is 1. The first-order chi connectivity index (χ1) is 13.7. The molecule has 0 aromatic heterocycles. The molecular weight excluding hydrogens is 348 g/mol. The van der Waals surface area contributed by atoms with Crippen LogP contribution in [0.3, 0.4) is 0 Å². The molecule has 1 N–H and O–H groups in total. The third-order valence-electron chi connectivity index (χ3n) is 5.94. The Morgan fingerprint density at radius 2 is 1.71 bits per heavy atom. The summed E-state index contributed by atoms with van der Waals surface area (Å²) in [6.45, 7) is 0. The van der Waals surface area contributed by atoms with Gasteiger partial charge in [0.15, 0.2) is 0 Å². The number of hydrogen-bond acceptors (Lipinski definition) is 3. The van der Waals surface area contributed by atoms with Gasteiger partial charge in [0.25, 0.3) is 5.69 Å². The lowest BCUT2D eigenvalue weighted by atomic mass is 9.76. The predicted molar refractivity (Wildman–Crippen MR) is 111 cm³/mol. The highest BCUT2D eigenvalue weighted by atomic mass is 16.6. The first-order valence-electron chi connectivity index (χ1n) is 9.58. The topological polar surface area (TPSA) is 55.2 Å². The van der Waals surface area contributed by atoms with Crippen LogP contribution in [0.1, 0.15) is 29.5 Å². The molecule has 2 aliphatic rings. The van der Waals surface area contributed by atoms with Crippen molar-refractivity contribution in [2.24, 2.45) is 5.92 Å². The number of anilines is 1. The average Bonchev–Trinajstić information content (AvgIpc) is 3.24. The van der Waals surface area contributed by atoms with E-state index in [1.54, 1.807) is 12.1 Å². The monoisotopic (exact) mass is 368 g/mol. The summed E-state index contributed by atoms with van der Waals surface area (Å²) in [5.41, 5.74) is 6.12.